The van der Waals surface area contributed by atoms with Crippen molar-refractivity contribution in [3.8, 4) is 0 Å². The average molecular weight is 347 g/mol. The Hall–Kier alpha value is -2.38. The number of hydrogen-bond acceptors (Lipinski definition) is 4. The molecule has 0 aromatic carbocycles. The number of nitrogens with one attached hydrogen (secondary N) is 3. The summed E-state index contributed by atoms with van der Waals surface area (Å²) in [4.78, 5) is 38.3. The van der Waals surface area contributed by atoms with Crippen LogP contribution in [0.25, 0.3) is 0 Å². The average Bonchev–Trinajstić information content (AvgIpc) is 3.07. The van der Waals surface area contributed by atoms with E-state index in [4.69, 9.17) is 0 Å². The second-order valence-corrected chi connectivity index (χ2v) is 6.98. The molecule has 2 saturated heterocycles. The van der Waals surface area contributed by atoms with Crippen LogP contribution >= 0.6 is 0 Å². The smallest absolute Gasteiger partial charge is 0.322 e. The van der Waals surface area contributed by atoms with Crippen LogP contribution in [0.15, 0.2) is 0 Å². The predicted octanol–water partition coefficient (Wildman–Crippen LogP) is 0.796. The Bertz CT molecular complexity index is 686. The Kier molecular flexibility index (Phi) is 4.53. The first-order chi connectivity index (χ1) is 11.9. The van der Waals surface area contributed by atoms with E-state index < -0.39 is 11.6 Å². The molecule has 3 heterocycles. The maximum atomic E-state index is 12.6. The molecule has 4 amide bonds. The maximum absolute atomic E-state index is 12.6. The summed E-state index contributed by atoms with van der Waals surface area (Å²) in [6, 6.07) is -0.420. The number of carbonyl (C=O) groups excluding carboxylic acids is 3. The molecule has 3 N–H and O–H groups in total. The van der Waals surface area contributed by atoms with Gasteiger partial charge < -0.3 is 10.2 Å². The Balaban J connectivity index is 1.63. The van der Waals surface area contributed by atoms with Crippen molar-refractivity contribution in [2.45, 2.75) is 52.0 Å². The van der Waals surface area contributed by atoms with Gasteiger partial charge in [-0.2, -0.15) is 5.10 Å². The van der Waals surface area contributed by atoms with Crippen molar-refractivity contribution in [2.24, 2.45) is 5.92 Å². The van der Waals surface area contributed by atoms with Gasteiger partial charge in [0.2, 0.25) is 5.91 Å². The minimum atomic E-state index is -0.829. The van der Waals surface area contributed by atoms with E-state index in [1.807, 2.05) is 25.7 Å². The lowest BCUT2D eigenvalue weighted by Crippen LogP contribution is -2.56. The molecule has 2 aliphatic heterocycles. The number of imide groups is 1. The minimum absolute atomic E-state index is 0.0467. The van der Waals surface area contributed by atoms with Crippen LogP contribution < -0.4 is 10.6 Å². The fourth-order valence-electron chi connectivity index (χ4n) is 4.05. The second-order valence-electron chi connectivity index (χ2n) is 6.98. The number of amides is 4. The molecule has 1 atom stereocenters. The van der Waals surface area contributed by atoms with E-state index in [9.17, 15) is 14.4 Å². The van der Waals surface area contributed by atoms with Gasteiger partial charge in [-0.1, -0.05) is 6.92 Å². The van der Waals surface area contributed by atoms with E-state index in [1.165, 1.54) is 0 Å². The lowest BCUT2D eigenvalue weighted by Gasteiger charge is -2.40. The number of nitrogens with zero attached hydrogens (tertiary/aromatic N) is 2. The van der Waals surface area contributed by atoms with Gasteiger partial charge >= 0.3 is 6.03 Å². The molecule has 0 unspecified atom stereocenters. The molecule has 0 aliphatic carbocycles. The van der Waals surface area contributed by atoms with Crippen molar-refractivity contribution in [3.05, 3.63) is 17.0 Å². The first kappa shape index (κ1) is 17.4. The summed E-state index contributed by atoms with van der Waals surface area (Å²) in [5, 5.41) is 12.2. The highest BCUT2D eigenvalue weighted by atomic mass is 16.2. The van der Waals surface area contributed by atoms with Crippen LogP contribution in [0.2, 0.25) is 0 Å². The van der Waals surface area contributed by atoms with Crippen LogP contribution in [0.5, 0.6) is 0 Å². The second kappa shape index (κ2) is 6.50. The van der Waals surface area contributed by atoms with Gasteiger partial charge in [0.1, 0.15) is 5.54 Å². The molecule has 2 fully saturated rings. The van der Waals surface area contributed by atoms with Gasteiger partial charge in [0.15, 0.2) is 0 Å². The van der Waals surface area contributed by atoms with Gasteiger partial charge in [0.25, 0.3) is 5.91 Å². The van der Waals surface area contributed by atoms with Crippen LogP contribution in [0.3, 0.4) is 0 Å². The third-order valence-corrected chi connectivity index (χ3v) is 5.68. The molecule has 0 spiro atoms. The van der Waals surface area contributed by atoms with Gasteiger partial charge in [0, 0.05) is 24.3 Å². The van der Waals surface area contributed by atoms with Crippen molar-refractivity contribution < 1.29 is 14.4 Å². The van der Waals surface area contributed by atoms with E-state index >= 15 is 0 Å². The van der Waals surface area contributed by atoms with Crippen molar-refractivity contribution in [2.75, 3.05) is 13.1 Å². The van der Waals surface area contributed by atoms with E-state index in [2.05, 4.69) is 20.8 Å². The van der Waals surface area contributed by atoms with Crippen molar-refractivity contribution in [1.82, 2.24) is 25.7 Å². The van der Waals surface area contributed by atoms with Crippen LogP contribution in [0.4, 0.5) is 4.79 Å². The number of aryl methyl sites for hydroxylation is 2. The standard InChI is InChI=1S/C17H25N5O3/c1-4-17(15(24)18-16(25)19-17)12-5-7-22(8-6-12)14(23)9-13-10(2)20-21-11(13)3/h12H,4-9H2,1-3H3,(H,20,21)(H2,18,19,24,25)/t17-/m1/s1. The molecule has 8 nitrogen and oxygen atoms in total. The number of likely N-dealkylation sites (tertiary alicyclic amines) is 1. The molecule has 1 aromatic heterocycles. The monoisotopic (exact) mass is 347 g/mol. The zero-order valence-electron chi connectivity index (χ0n) is 14.9. The number of H-pyrrole nitrogens is 1. The Labute approximate surface area is 146 Å². The number of aromatic amines is 1. The number of aromatic nitrogens is 2. The van der Waals surface area contributed by atoms with Crippen molar-refractivity contribution >= 4 is 17.8 Å². The van der Waals surface area contributed by atoms with E-state index in [-0.39, 0.29) is 17.7 Å². The maximum Gasteiger partial charge on any atom is 0.322 e. The van der Waals surface area contributed by atoms with Gasteiger partial charge in [-0.3, -0.25) is 20.0 Å². The molecule has 0 bridgehead atoms. The quantitative estimate of drug-likeness (QED) is 0.700. The Morgan fingerprint density at radius 3 is 2.44 bits per heavy atom. The lowest BCUT2D eigenvalue weighted by molar-refractivity contribution is -0.133. The number of urea groups is 1. The molecule has 136 valence electrons. The van der Waals surface area contributed by atoms with Crippen LogP contribution in [-0.4, -0.2) is 51.6 Å². The molecular formula is C17H25N5O3. The van der Waals surface area contributed by atoms with Crippen molar-refractivity contribution in [1.29, 1.82) is 0 Å². The fourth-order valence-corrected chi connectivity index (χ4v) is 4.05. The molecular weight excluding hydrogens is 322 g/mol. The first-order valence-electron chi connectivity index (χ1n) is 8.79. The first-order valence-corrected chi connectivity index (χ1v) is 8.79. The minimum Gasteiger partial charge on any atom is -0.342 e. The number of hydrogen-bond donors (Lipinski definition) is 3. The molecule has 3 rings (SSSR count). The highest BCUT2D eigenvalue weighted by Gasteiger charge is 2.51. The third-order valence-electron chi connectivity index (χ3n) is 5.68. The highest BCUT2D eigenvalue weighted by Crippen LogP contribution is 2.33. The highest BCUT2D eigenvalue weighted by molar-refractivity contribution is 6.07. The molecule has 0 saturated carbocycles. The molecule has 8 heteroatoms. The summed E-state index contributed by atoms with van der Waals surface area (Å²) < 4.78 is 0. The largest absolute Gasteiger partial charge is 0.342 e. The number of carbonyl (C=O) groups is 3. The third kappa shape index (κ3) is 3.01. The summed E-state index contributed by atoms with van der Waals surface area (Å²) in [5.74, 6) is -0.115. The van der Waals surface area contributed by atoms with E-state index in [1.54, 1.807) is 0 Å². The molecule has 2 aliphatic rings. The SMILES string of the molecule is CC[C@]1(C2CCN(C(=O)Cc3c(C)n[nH]c3C)CC2)NC(=O)NC1=O. The predicted molar refractivity (Wildman–Crippen MR) is 90.8 cm³/mol. The topological polar surface area (TPSA) is 107 Å². The summed E-state index contributed by atoms with van der Waals surface area (Å²) in [7, 11) is 0. The molecule has 25 heavy (non-hydrogen) atoms. The summed E-state index contributed by atoms with van der Waals surface area (Å²) in [6.45, 7) is 6.92. The molecule has 0 radical (unpaired) electrons. The zero-order chi connectivity index (χ0) is 18.2. The Morgan fingerprint density at radius 1 is 1.28 bits per heavy atom. The van der Waals surface area contributed by atoms with Gasteiger partial charge in [-0.15, -0.1) is 0 Å². The van der Waals surface area contributed by atoms with Gasteiger partial charge in [0.05, 0.1) is 12.1 Å². The van der Waals surface area contributed by atoms with Crippen LogP contribution in [-0.2, 0) is 16.0 Å². The van der Waals surface area contributed by atoms with Crippen molar-refractivity contribution in [3.63, 3.8) is 0 Å². The Morgan fingerprint density at radius 2 is 1.96 bits per heavy atom. The van der Waals surface area contributed by atoms with E-state index in [0.717, 1.165) is 17.0 Å². The number of piperidine rings is 1. The molecule has 1 aromatic rings. The van der Waals surface area contributed by atoms with Gasteiger partial charge in [-0.25, -0.2) is 4.79 Å². The van der Waals surface area contributed by atoms with E-state index in [0.29, 0.717) is 38.8 Å². The summed E-state index contributed by atoms with van der Waals surface area (Å²) in [6.07, 6.45) is 2.30. The fraction of sp³-hybridized carbons (Fsp3) is 0.647. The number of rotatable bonds is 4. The van der Waals surface area contributed by atoms with Crippen LogP contribution in [0, 0.1) is 19.8 Å². The summed E-state index contributed by atoms with van der Waals surface area (Å²) >= 11 is 0. The lowest BCUT2D eigenvalue weighted by atomic mass is 9.76. The zero-order valence-corrected chi connectivity index (χ0v) is 14.9. The van der Waals surface area contributed by atoms with Crippen LogP contribution in [0.1, 0.15) is 43.1 Å². The van der Waals surface area contributed by atoms with Gasteiger partial charge in [-0.05, 0) is 39.0 Å². The summed E-state index contributed by atoms with van der Waals surface area (Å²) in [5.41, 5.74) is 1.91. The normalized spacial score (nSPS) is 24.4.